The average molecular weight is 418 g/mol. The molecule has 0 radical (unpaired) electrons. The molecule has 0 bridgehead atoms. The fourth-order valence-corrected chi connectivity index (χ4v) is 3.45. The van der Waals surface area contributed by atoms with Crippen LogP contribution in [0.2, 0.25) is 0 Å². The Hall–Kier alpha value is -2.54. The third-order valence-electron chi connectivity index (χ3n) is 4.21. The summed E-state index contributed by atoms with van der Waals surface area (Å²) in [6.45, 7) is 1.12. The van der Waals surface area contributed by atoms with E-state index in [4.69, 9.17) is 4.74 Å². The number of aryl methyl sites for hydroxylation is 1. The number of rotatable bonds is 5. The van der Waals surface area contributed by atoms with Gasteiger partial charge in [0.15, 0.2) is 11.5 Å². The number of nitrogens with one attached hydrogen (secondary N) is 1. The van der Waals surface area contributed by atoms with Crippen molar-refractivity contribution in [1.82, 2.24) is 5.43 Å². The molecule has 2 N–H and O–H groups in total. The highest BCUT2D eigenvalue weighted by molar-refractivity contribution is 9.10. The van der Waals surface area contributed by atoms with Gasteiger partial charge in [0, 0.05) is 12.2 Å². The topological polar surface area (TPSA) is 74.2 Å². The molecule has 1 aliphatic rings. The molecule has 2 aromatic carbocycles. The number of amides is 1. The number of para-hydroxylation sites is 1. The highest BCUT2D eigenvalue weighted by atomic mass is 79.9. The van der Waals surface area contributed by atoms with Crippen molar-refractivity contribution in [2.24, 2.45) is 5.10 Å². The lowest BCUT2D eigenvalue weighted by atomic mass is 10.0. The van der Waals surface area contributed by atoms with Gasteiger partial charge in [0.25, 0.3) is 5.91 Å². The number of methoxy groups -OCH3 is 1. The van der Waals surface area contributed by atoms with Crippen molar-refractivity contribution in [3.8, 4) is 11.5 Å². The SMILES string of the molecule is COc1cc(/C=N/NC(=O)CN2CCCc3ccccc32)cc(Br)c1O. The van der Waals surface area contributed by atoms with E-state index in [0.717, 1.165) is 25.1 Å². The number of fused-ring (bicyclic) bond motifs is 1. The smallest absolute Gasteiger partial charge is 0.259 e. The maximum atomic E-state index is 12.2. The molecule has 1 heterocycles. The molecule has 0 saturated heterocycles. The highest BCUT2D eigenvalue weighted by Gasteiger charge is 2.18. The minimum absolute atomic E-state index is 0.0254. The molecule has 2 aromatic rings. The Bertz CT molecular complexity index is 839. The lowest BCUT2D eigenvalue weighted by Gasteiger charge is -2.30. The average Bonchev–Trinajstić information content (AvgIpc) is 2.64. The molecule has 0 aromatic heterocycles. The van der Waals surface area contributed by atoms with Crippen LogP contribution in [0, 0.1) is 0 Å². The summed E-state index contributed by atoms with van der Waals surface area (Å²) in [7, 11) is 1.47. The number of hydrogen-bond acceptors (Lipinski definition) is 5. The summed E-state index contributed by atoms with van der Waals surface area (Å²) in [6.07, 6.45) is 3.59. The summed E-state index contributed by atoms with van der Waals surface area (Å²) < 4.78 is 5.59. The maximum Gasteiger partial charge on any atom is 0.259 e. The van der Waals surface area contributed by atoms with E-state index in [1.54, 1.807) is 12.1 Å². The van der Waals surface area contributed by atoms with Gasteiger partial charge >= 0.3 is 0 Å². The Kier molecular flexibility index (Phi) is 5.78. The third-order valence-corrected chi connectivity index (χ3v) is 4.82. The summed E-state index contributed by atoms with van der Waals surface area (Å²) in [5, 5.41) is 13.8. The van der Waals surface area contributed by atoms with Gasteiger partial charge in [0.1, 0.15) is 0 Å². The zero-order valence-corrected chi connectivity index (χ0v) is 16.0. The molecule has 0 atom stereocenters. The number of hydrazone groups is 1. The molecule has 0 unspecified atom stereocenters. The molecule has 6 nitrogen and oxygen atoms in total. The molecule has 7 heteroatoms. The summed E-state index contributed by atoms with van der Waals surface area (Å²) in [6, 6.07) is 11.5. The zero-order valence-electron chi connectivity index (χ0n) is 14.4. The lowest BCUT2D eigenvalue weighted by molar-refractivity contribution is -0.119. The van der Waals surface area contributed by atoms with Crippen molar-refractivity contribution in [2.45, 2.75) is 12.8 Å². The van der Waals surface area contributed by atoms with E-state index in [2.05, 4.69) is 37.4 Å². The van der Waals surface area contributed by atoms with E-state index in [1.165, 1.54) is 18.9 Å². The summed E-state index contributed by atoms with van der Waals surface area (Å²) in [4.78, 5) is 14.3. The number of carbonyl (C=O) groups excluding carboxylic acids is 1. The number of anilines is 1. The molecule has 0 fully saturated rings. The summed E-state index contributed by atoms with van der Waals surface area (Å²) >= 11 is 3.25. The molecule has 0 saturated carbocycles. The van der Waals surface area contributed by atoms with Crippen LogP contribution in [-0.4, -0.2) is 37.4 Å². The predicted octanol–water partition coefficient (Wildman–Crippen LogP) is 3.07. The van der Waals surface area contributed by atoms with Gasteiger partial charge in [-0.1, -0.05) is 18.2 Å². The summed E-state index contributed by atoms with van der Waals surface area (Å²) in [5.74, 6) is 0.178. The van der Waals surface area contributed by atoms with Crippen molar-refractivity contribution in [3.05, 3.63) is 52.0 Å². The fourth-order valence-electron chi connectivity index (χ4n) is 2.99. The quantitative estimate of drug-likeness (QED) is 0.578. The van der Waals surface area contributed by atoms with Crippen LogP contribution in [0.25, 0.3) is 0 Å². The number of hydrogen-bond donors (Lipinski definition) is 2. The monoisotopic (exact) mass is 417 g/mol. The second kappa shape index (κ2) is 8.23. The van der Waals surface area contributed by atoms with Crippen LogP contribution in [0.1, 0.15) is 17.5 Å². The van der Waals surface area contributed by atoms with Crippen LogP contribution in [0.15, 0.2) is 46.0 Å². The van der Waals surface area contributed by atoms with E-state index >= 15 is 0 Å². The largest absolute Gasteiger partial charge is 0.503 e. The molecule has 0 spiro atoms. The van der Waals surface area contributed by atoms with Gasteiger partial charge in [-0.25, -0.2) is 5.43 Å². The Morgan fingerprint density at radius 2 is 2.23 bits per heavy atom. The Labute approximate surface area is 160 Å². The van der Waals surface area contributed by atoms with Crippen LogP contribution >= 0.6 is 15.9 Å². The van der Waals surface area contributed by atoms with Crippen LogP contribution in [0.3, 0.4) is 0 Å². The minimum Gasteiger partial charge on any atom is -0.503 e. The number of phenolic OH excluding ortho intramolecular Hbond substituents is 1. The number of nitrogens with zero attached hydrogens (tertiary/aromatic N) is 2. The fraction of sp³-hybridized carbons (Fsp3) is 0.263. The predicted molar refractivity (Wildman–Crippen MR) is 105 cm³/mol. The van der Waals surface area contributed by atoms with Gasteiger partial charge in [-0.2, -0.15) is 5.10 Å². The Balaban J connectivity index is 1.62. The summed E-state index contributed by atoms with van der Waals surface area (Å²) in [5.41, 5.74) is 5.63. The van der Waals surface area contributed by atoms with Crippen molar-refractivity contribution in [1.29, 1.82) is 0 Å². The van der Waals surface area contributed by atoms with Gasteiger partial charge in [-0.3, -0.25) is 4.79 Å². The normalized spacial score (nSPS) is 13.5. The van der Waals surface area contributed by atoms with Crippen molar-refractivity contribution in [3.63, 3.8) is 0 Å². The van der Waals surface area contributed by atoms with Crippen molar-refractivity contribution >= 4 is 33.7 Å². The van der Waals surface area contributed by atoms with Gasteiger partial charge in [-0.05, 0) is 58.1 Å². The molecule has 3 rings (SSSR count). The number of halogens is 1. The van der Waals surface area contributed by atoms with Crippen LogP contribution < -0.4 is 15.1 Å². The molecule has 1 aliphatic heterocycles. The van der Waals surface area contributed by atoms with E-state index in [-0.39, 0.29) is 18.2 Å². The van der Waals surface area contributed by atoms with Crippen LogP contribution in [0.5, 0.6) is 11.5 Å². The number of carbonyl (C=O) groups is 1. The molecule has 0 aliphatic carbocycles. The van der Waals surface area contributed by atoms with Gasteiger partial charge < -0.3 is 14.7 Å². The minimum atomic E-state index is -0.178. The first-order chi connectivity index (χ1) is 12.6. The van der Waals surface area contributed by atoms with Crippen molar-refractivity contribution < 1.29 is 14.6 Å². The van der Waals surface area contributed by atoms with Crippen molar-refractivity contribution in [2.75, 3.05) is 25.1 Å². The molecular weight excluding hydrogens is 398 g/mol. The standard InChI is InChI=1S/C19H20BrN3O3/c1-26-17-10-13(9-15(20)19(17)25)11-21-22-18(24)12-23-8-4-6-14-5-2-3-7-16(14)23/h2-3,5,7,9-11,25H,4,6,8,12H2,1H3,(H,22,24)/b21-11+. The van der Waals surface area contributed by atoms with Gasteiger partial charge in [-0.15, -0.1) is 0 Å². The van der Waals surface area contributed by atoms with Gasteiger partial charge in [0.2, 0.25) is 0 Å². The number of aromatic hydroxyl groups is 1. The number of phenols is 1. The van der Waals surface area contributed by atoms with Gasteiger partial charge in [0.05, 0.1) is 24.3 Å². The lowest BCUT2D eigenvalue weighted by Crippen LogP contribution is -2.38. The zero-order chi connectivity index (χ0) is 18.5. The number of benzene rings is 2. The van der Waals surface area contributed by atoms with E-state index < -0.39 is 0 Å². The molecule has 1 amide bonds. The van der Waals surface area contributed by atoms with Crippen LogP contribution in [0.4, 0.5) is 5.69 Å². The third kappa shape index (κ3) is 4.16. The Morgan fingerprint density at radius 1 is 1.42 bits per heavy atom. The number of ether oxygens (including phenoxy) is 1. The van der Waals surface area contributed by atoms with E-state index in [1.807, 2.05) is 18.2 Å². The second-order valence-corrected chi connectivity index (χ2v) is 6.85. The molecule has 26 heavy (non-hydrogen) atoms. The second-order valence-electron chi connectivity index (χ2n) is 6.00. The maximum absolute atomic E-state index is 12.2. The Morgan fingerprint density at radius 3 is 3.04 bits per heavy atom. The molecular formula is C19H20BrN3O3. The van der Waals surface area contributed by atoms with E-state index in [9.17, 15) is 9.90 Å². The van der Waals surface area contributed by atoms with Crippen LogP contribution in [-0.2, 0) is 11.2 Å². The first-order valence-corrected chi connectivity index (χ1v) is 9.09. The first kappa shape index (κ1) is 18.3. The van der Waals surface area contributed by atoms with E-state index in [0.29, 0.717) is 15.8 Å². The highest BCUT2D eigenvalue weighted by Crippen LogP contribution is 2.34. The first-order valence-electron chi connectivity index (χ1n) is 8.29. The molecule has 136 valence electrons.